The highest BCUT2D eigenvalue weighted by atomic mass is 35.5. The number of halogens is 1. The van der Waals surface area contributed by atoms with Crippen molar-refractivity contribution in [3.63, 3.8) is 0 Å². The fourth-order valence-corrected chi connectivity index (χ4v) is 6.28. The molecular weight excluding hydrogens is 574 g/mol. The average molecular weight is 618 g/mol. The maximum Gasteiger partial charge on any atom is 0.410 e. The first kappa shape index (κ1) is 32.2. The highest BCUT2D eigenvalue weighted by Gasteiger charge is 2.31. The molecule has 1 aliphatic rings. The monoisotopic (exact) mass is 617 g/mol. The summed E-state index contributed by atoms with van der Waals surface area (Å²) in [5, 5.41) is 21.9. The van der Waals surface area contributed by atoms with Crippen LogP contribution in [0.15, 0.2) is 24.5 Å². The number of ether oxygens (including phenoxy) is 2. The van der Waals surface area contributed by atoms with Crippen molar-refractivity contribution in [2.24, 2.45) is 0 Å². The van der Waals surface area contributed by atoms with Crippen molar-refractivity contribution < 1.29 is 24.5 Å². The van der Waals surface area contributed by atoms with Crippen LogP contribution in [0.2, 0.25) is 30.8 Å². The molecule has 1 amide bonds. The van der Waals surface area contributed by atoms with Crippen LogP contribution >= 0.6 is 11.6 Å². The predicted octanol–water partition coefficient (Wildman–Crippen LogP) is 5.49. The average Bonchev–Trinajstić information content (AvgIpc) is 3.23. The molecule has 1 aliphatic heterocycles. The lowest BCUT2D eigenvalue weighted by molar-refractivity contribution is 0.0218. The van der Waals surface area contributed by atoms with Crippen LogP contribution in [0.3, 0.4) is 0 Å². The van der Waals surface area contributed by atoms with Crippen LogP contribution < -0.4 is 4.90 Å². The molecule has 1 saturated heterocycles. The standard InChI is InChI=1S/C30H44ClN5O5Si/c1-20-15-34(29(39)41-30(2,3)4)10-11-35(20)22-8-9-23(21(14-22)16-37)26-24(17-38)25-27(31)32-18-33-28(25)36(26)19-40-12-13-42(5,6)7/h8-9,14,18,20,37-38H,10-13,15-17,19H2,1-7H3/t20-/m1/s1. The maximum atomic E-state index is 12.6. The molecule has 0 aliphatic carbocycles. The summed E-state index contributed by atoms with van der Waals surface area (Å²) >= 11 is 6.52. The number of piperazine rings is 1. The van der Waals surface area contributed by atoms with Crippen LogP contribution in [0, 0.1) is 0 Å². The topological polar surface area (TPSA) is 113 Å². The number of aliphatic hydroxyl groups is 2. The Morgan fingerprint density at radius 1 is 1.14 bits per heavy atom. The van der Waals surface area contributed by atoms with E-state index in [4.69, 9.17) is 21.1 Å². The molecule has 3 aromatic rings. The molecule has 2 N–H and O–H groups in total. The van der Waals surface area contributed by atoms with E-state index < -0.39 is 13.7 Å². The Bertz CT molecular complexity index is 1420. The lowest BCUT2D eigenvalue weighted by atomic mass is 9.99. The van der Waals surface area contributed by atoms with Crippen molar-refractivity contribution in [3.8, 4) is 11.3 Å². The van der Waals surface area contributed by atoms with Crippen molar-refractivity contribution in [3.05, 3.63) is 40.8 Å². The van der Waals surface area contributed by atoms with E-state index >= 15 is 0 Å². The van der Waals surface area contributed by atoms with Crippen molar-refractivity contribution in [2.45, 2.75) is 85.0 Å². The van der Waals surface area contributed by atoms with E-state index in [1.54, 1.807) is 4.90 Å². The summed E-state index contributed by atoms with van der Waals surface area (Å²) in [6, 6.07) is 6.99. The summed E-state index contributed by atoms with van der Waals surface area (Å²) in [7, 11) is -1.29. The number of amides is 1. The Kier molecular flexibility index (Phi) is 9.88. The van der Waals surface area contributed by atoms with Gasteiger partial charge in [-0.05, 0) is 51.4 Å². The smallest absolute Gasteiger partial charge is 0.410 e. The molecule has 0 unspecified atom stereocenters. The molecule has 0 bridgehead atoms. The highest BCUT2D eigenvalue weighted by Crippen LogP contribution is 2.39. The van der Waals surface area contributed by atoms with Crippen molar-refractivity contribution in [2.75, 3.05) is 31.1 Å². The molecule has 0 spiro atoms. The molecule has 2 aromatic heterocycles. The van der Waals surface area contributed by atoms with E-state index in [1.165, 1.54) is 6.33 Å². The Hall–Kier alpha value is -2.70. The summed E-state index contributed by atoms with van der Waals surface area (Å²) < 4.78 is 13.6. The Balaban J connectivity index is 1.68. The molecule has 1 fully saturated rings. The first-order chi connectivity index (χ1) is 19.7. The fourth-order valence-electron chi connectivity index (χ4n) is 5.28. The van der Waals surface area contributed by atoms with Crippen LogP contribution in [-0.2, 0) is 29.4 Å². The molecule has 0 radical (unpaired) electrons. The number of rotatable bonds is 9. The minimum Gasteiger partial charge on any atom is -0.444 e. The van der Waals surface area contributed by atoms with Crippen molar-refractivity contribution in [1.82, 2.24) is 19.4 Å². The van der Waals surface area contributed by atoms with Gasteiger partial charge in [0, 0.05) is 57.2 Å². The van der Waals surface area contributed by atoms with E-state index in [2.05, 4.69) is 41.4 Å². The molecular formula is C30H44ClN5O5Si. The Morgan fingerprint density at radius 3 is 2.50 bits per heavy atom. The Labute approximate surface area is 254 Å². The quantitative estimate of drug-likeness (QED) is 0.184. The van der Waals surface area contributed by atoms with Gasteiger partial charge in [0.1, 0.15) is 29.5 Å². The summed E-state index contributed by atoms with van der Waals surface area (Å²) in [6.07, 6.45) is 1.10. The van der Waals surface area contributed by atoms with Gasteiger partial charge in [-0.25, -0.2) is 14.8 Å². The van der Waals surface area contributed by atoms with Gasteiger partial charge in [0.2, 0.25) is 0 Å². The number of hydrogen-bond donors (Lipinski definition) is 2. The molecule has 10 nitrogen and oxygen atoms in total. The number of fused-ring (bicyclic) bond motifs is 1. The second kappa shape index (κ2) is 12.9. The number of hydrogen-bond acceptors (Lipinski definition) is 8. The van der Waals surface area contributed by atoms with Gasteiger partial charge < -0.3 is 34.1 Å². The van der Waals surface area contributed by atoms with Gasteiger partial charge >= 0.3 is 6.09 Å². The molecule has 0 saturated carbocycles. The summed E-state index contributed by atoms with van der Waals surface area (Å²) in [4.78, 5) is 25.3. The molecule has 230 valence electrons. The largest absolute Gasteiger partial charge is 0.444 e. The van der Waals surface area contributed by atoms with Crippen molar-refractivity contribution in [1.29, 1.82) is 0 Å². The summed E-state index contributed by atoms with van der Waals surface area (Å²) in [5.41, 5.74) is 3.70. The highest BCUT2D eigenvalue weighted by molar-refractivity contribution is 6.76. The molecule has 42 heavy (non-hydrogen) atoms. The van der Waals surface area contributed by atoms with Gasteiger partial charge in [-0.1, -0.05) is 37.3 Å². The molecule has 1 atom stereocenters. The molecule has 1 aromatic carbocycles. The first-order valence-corrected chi connectivity index (χ1v) is 18.5. The van der Waals surface area contributed by atoms with Gasteiger partial charge in [-0.15, -0.1) is 0 Å². The first-order valence-electron chi connectivity index (χ1n) is 14.4. The summed E-state index contributed by atoms with van der Waals surface area (Å²) in [5.74, 6) is 0. The van der Waals surface area contributed by atoms with Crippen LogP contribution in [0.1, 0.15) is 38.8 Å². The minimum atomic E-state index is -1.29. The normalized spacial score (nSPS) is 16.4. The maximum absolute atomic E-state index is 12.6. The van der Waals surface area contributed by atoms with Gasteiger partial charge in [0.15, 0.2) is 0 Å². The molecule has 12 heteroatoms. The zero-order valence-electron chi connectivity index (χ0n) is 25.8. The lowest BCUT2D eigenvalue weighted by Crippen LogP contribution is -2.54. The minimum absolute atomic E-state index is 0.0389. The third kappa shape index (κ3) is 7.26. The van der Waals surface area contributed by atoms with Crippen LogP contribution in [0.5, 0.6) is 0 Å². The second-order valence-electron chi connectivity index (χ2n) is 13.1. The van der Waals surface area contributed by atoms with Crippen LogP contribution in [0.25, 0.3) is 22.3 Å². The SMILES string of the molecule is C[C@@H]1CN(C(=O)OC(C)(C)C)CCN1c1ccc(-c2c(CO)c3c(Cl)ncnc3n2COCC[Si](C)(C)C)c(CO)c1. The summed E-state index contributed by atoms with van der Waals surface area (Å²) in [6.45, 7) is 16.6. The van der Waals surface area contributed by atoms with Gasteiger partial charge in [-0.3, -0.25) is 0 Å². The number of nitrogens with zero attached hydrogens (tertiary/aromatic N) is 5. The number of aromatic nitrogens is 3. The molecule has 4 rings (SSSR count). The third-order valence-corrected chi connectivity index (χ3v) is 9.38. The number of carbonyl (C=O) groups excluding carboxylic acids is 1. The zero-order valence-corrected chi connectivity index (χ0v) is 27.5. The number of carbonyl (C=O) groups is 1. The molecule has 3 heterocycles. The Morgan fingerprint density at radius 2 is 1.88 bits per heavy atom. The zero-order chi connectivity index (χ0) is 30.8. The van der Waals surface area contributed by atoms with E-state index in [0.29, 0.717) is 54.1 Å². The predicted molar refractivity (Wildman–Crippen MR) is 169 cm³/mol. The van der Waals surface area contributed by atoms with E-state index in [9.17, 15) is 15.0 Å². The second-order valence-corrected chi connectivity index (χ2v) is 19.1. The van der Waals surface area contributed by atoms with Crippen LogP contribution in [0.4, 0.5) is 10.5 Å². The van der Waals surface area contributed by atoms with Gasteiger partial charge in [0.25, 0.3) is 0 Å². The van der Waals surface area contributed by atoms with Gasteiger partial charge in [0.05, 0.1) is 24.3 Å². The van der Waals surface area contributed by atoms with Crippen LogP contribution in [-0.4, -0.2) is 81.7 Å². The lowest BCUT2D eigenvalue weighted by Gasteiger charge is -2.41. The third-order valence-electron chi connectivity index (χ3n) is 7.39. The fraction of sp³-hybridized carbons (Fsp3) is 0.567. The van der Waals surface area contributed by atoms with E-state index in [1.807, 2.05) is 43.5 Å². The number of aliphatic hydroxyl groups excluding tert-OH is 2. The van der Waals surface area contributed by atoms with E-state index in [-0.39, 0.29) is 37.2 Å². The van der Waals surface area contributed by atoms with Crippen molar-refractivity contribution >= 4 is 42.5 Å². The number of anilines is 1. The van der Waals surface area contributed by atoms with Gasteiger partial charge in [-0.2, -0.15) is 0 Å². The number of benzene rings is 1. The van der Waals surface area contributed by atoms with E-state index in [0.717, 1.165) is 17.3 Å².